The van der Waals surface area contributed by atoms with Gasteiger partial charge in [-0.1, -0.05) is 6.08 Å². The quantitative estimate of drug-likeness (QED) is 0.408. The van der Waals surface area contributed by atoms with Gasteiger partial charge in [0.05, 0.1) is 42.5 Å². The van der Waals surface area contributed by atoms with E-state index < -0.39 is 45.2 Å². The zero-order valence-corrected chi connectivity index (χ0v) is 17.1. The molecule has 3 rings (SSSR count). The molecule has 0 saturated carbocycles. The van der Waals surface area contributed by atoms with Crippen molar-refractivity contribution in [3.63, 3.8) is 0 Å². The number of benzene rings is 2. The summed E-state index contributed by atoms with van der Waals surface area (Å²) in [7, 11) is -2.11. The normalized spacial score (nSPS) is 18.5. The van der Waals surface area contributed by atoms with Gasteiger partial charge in [0, 0.05) is 22.4 Å². The highest BCUT2D eigenvalue weighted by Crippen LogP contribution is 2.44. The van der Waals surface area contributed by atoms with Crippen molar-refractivity contribution in [2.45, 2.75) is 17.1 Å². The maximum absolute atomic E-state index is 14.5. The van der Waals surface area contributed by atoms with Crippen LogP contribution in [-0.4, -0.2) is 35.7 Å². The predicted molar refractivity (Wildman–Crippen MR) is 105 cm³/mol. The Balaban J connectivity index is 0.00000101. The monoisotopic (exact) mass is 446 g/mol. The summed E-state index contributed by atoms with van der Waals surface area (Å²) in [5.74, 6) is -4.59. The Bertz CT molecular complexity index is 887. The van der Waals surface area contributed by atoms with E-state index in [1.54, 1.807) is 6.08 Å². The molecule has 4 nitrogen and oxygen atoms in total. The average Bonchev–Trinajstić information content (AvgIpc) is 2.70. The fourth-order valence-corrected chi connectivity index (χ4v) is 4.67. The van der Waals surface area contributed by atoms with Crippen molar-refractivity contribution < 1.29 is 36.4 Å². The molecule has 1 N–H and O–H groups in total. The Morgan fingerprint density at radius 2 is 1.80 bits per heavy atom. The molecule has 164 valence electrons. The van der Waals surface area contributed by atoms with Crippen molar-refractivity contribution in [3.8, 4) is 5.75 Å². The molecule has 0 saturated heterocycles. The molecule has 0 aromatic heterocycles. The standard InChI is InChI=1S/C18H16F4O4S.C3H6/c19-11-5-12(20)7-13(6-11)27(24)18-10(8-25-4-3-23)9-26-17-15(22)2-1-14(21)16(17)18;1-3-2/h1-2,5-7,10,18,23H,3-4,8-9H2;3H,1H2,2H3/t10?,18-,27?;/m0./s1. The Kier molecular flexibility index (Phi) is 9.01. The van der Waals surface area contributed by atoms with Gasteiger partial charge in [0.1, 0.15) is 17.5 Å². The summed E-state index contributed by atoms with van der Waals surface area (Å²) in [5, 5.41) is 7.69. The van der Waals surface area contributed by atoms with E-state index in [2.05, 4.69) is 6.58 Å². The van der Waals surface area contributed by atoms with Crippen LogP contribution in [0.3, 0.4) is 0 Å². The van der Waals surface area contributed by atoms with Crippen molar-refractivity contribution in [2.75, 3.05) is 26.4 Å². The predicted octanol–water partition coefficient (Wildman–Crippen LogP) is 4.30. The Labute approximate surface area is 174 Å². The average molecular weight is 446 g/mol. The first-order chi connectivity index (χ1) is 14.3. The van der Waals surface area contributed by atoms with Crippen LogP contribution in [0.1, 0.15) is 17.7 Å². The number of halogens is 4. The summed E-state index contributed by atoms with van der Waals surface area (Å²) in [6.45, 7) is 4.79. The van der Waals surface area contributed by atoms with Gasteiger partial charge in [0.2, 0.25) is 0 Å². The summed E-state index contributed by atoms with van der Waals surface area (Å²) in [6.07, 6.45) is 1.75. The first-order valence-corrected chi connectivity index (χ1v) is 10.3. The van der Waals surface area contributed by atoms with Gasteiger partial charge < -0.3 is 14.6 Å². The Hall–Kier alpha value is -2.23. The number of fused-ring (bicyclic) bond motifs is 1. The smallest absolute Gasteiger partial charge is 0.165 e. The first-order valence-electron chi connectivity index (χ1n) is 9.07. The largest absolute Gasteiger partial charge is 0.490 e. The van der Waals surface area contributed by atoms with Crippen LogP contribution in [0.5, 0.6) is 5.75 Å². The molecule has 30 heavy (non-hydrogen) atoms. The molecule has 3 atom stereocenters. The van der Waals surface area contributed by atoms with E-state index in [1.807, 2.05) is 6.92 Å². The van der Waals surface area contributed by atoms with Crippen LogP contribution in [0, 0.1) is 29.2 Å². The van der Waals surface area contributed by atoms with Gasteiger partial charge in [0.15, 0.2) is 11.6 Å². The topological polar surface area (TPSA) is 55.8 Å². The van der Waals surface area contributed by atoms with Crippen LogP contribution >= 0.6 is 0 Å². The number of aliphatic hydroxyl groups is 1. The van der Waals surface area contributed by atoms with Gasteiger partial charge >= 0.3 is 0 Å². The Morgan fingerprint density at radius 1 is 1.20 bits per heavy atom. The Morgan fingerprint density at radius 3 is 2.40 bits per heavy atom. The highest BCUT2D eigenvalue weighted by molar-refractivity contribution is 7.85. The van der Waals surface area contributed by atoms with Gasteiger partial charge in [-0.3, -0.25) is 4.21 Å². The SMILES string of the molecule is C=CC.O=S(c1cc(F)cc(F)c1)[C@@H]1c2c(F)ccc(F)c2OCC1COCCO. The second kappa shape index (κ2) is 11.2. The molecule has 1 aliphatic rings. The number of allylic oxidation sites excluding steroid dienone is 1. The molecule has 0 aliphatic carbocycles. The number of hydrogen-bond donors (Lipinski definition) is 1. The van der Waals surface area contributed by atoms with Crippen LogP contribution in [0.15, 0.2) is 47.9 Å². The van der Waals surface area contributed by atoms with E-state index >= 15 is 0 Å². The highest BCUT2D eigenvalue weighted by atomic mass is 32.2. The zero-order valence-electron chi connectivity index (χ0n) is 16.2. The number of rotatable bonds is 6. The number of ether oxygens (including phenoxy) is 2. The maximum Gasteiger partial charge on any atom is 0.165 e. The van der Waals surface area contributed by atoms with Crippen molar-refractivity contribution in [1.82, 2.24) is 0 Å². The van der Waals surface area contributed by atoms with E-state index in [0.717, 1.165) is 24.3 Å². The third-order valence-corrected chi connectivity index (χ3v) is 5.90. The lowest BCUT2D eigenvalue weighted by Gasteiger charge is -2.33. The van der Waals surface area contributed by atoms with E-state index in [4.69, 9.17) is 14.6 Å². The van der Waals surface area contributed by atoms with Crippen LogP contribution in [-0.2, 0) is 15.5 Å². The lowest BCUT2D eigenvalue weighted by molar-refractivity contribution is 0.0459. The minimum Gasteiger partial charge on any atom is -0.490 e. The fraction of sp³-hybridized carbons (Fsp3) is 0.333. The minimum atomic E-state index is -2.11. The first kappa shape index (κ1) is 24.0. The second-order valence-electron chi connectivity index (χ2n) is 6.37. The van der Waals surface area contributed by atoms with Crippen molar-refractivity contribution in [3.05, 3.63) is 71.8 Å². The van der Waals surface area contributed by atoms with Gasteiger partial charge in [-0.2, -0.15) is 0 Å². The van der Waals surface area contributed by atoms with Gasteiger partial charge in [-0.05, 0) is 31.2 Å². The zero-order chi connectivity index (χ0) is 22.3. The van der Waals surface area contributed by atoms with E-state index in [0.29, 0.717) is 6.07 Å². The van der Waals surface area contributed by atoms with E-state index in [-0.39, 0.29) is 42.6 Å². The van der Waals surface area contributed by atoms with E-state index in [1.165, 1.54) is 0 Å². The van der Waals surface area contributed by atoms with Crippen LogP contribution in [0.2, 0.25) is 0 Å². The lowest BCUT2D eigenvalue weighted by atomic mass is 9.96. The van der Waals surface area contributed by atoms with Gasteiger partial charge in [0.25, 0.3) is 0 Å². The molecule has 0 amide bonds. The molecule has 1 aliphatic heterocycles. The molecule has 2 aromatic rings. The summed E-state index contributed by atoms with van der Waals surface area (Å²) < 4.78 is 79.3. The summed E-state index contributed by atoms with van der Waals surface area (Å²) in [4.78, 5) is -0.193. The summed E-state index contributed by atoms with van der Waals surface area (Å²) >= 11 is 0. The molecule has 2 aromatic carbocycles. The minimum absolute atomic E-state index is 0.0110. The van der Waals surface area contributed by atoms with Gasteiger partial charge in [-0.15, -0.1) is 6.58 Å². The molecule has 0 fully saturated rings. The van der Waals surface area contributed by atoms with E-state index in [9.17, 15) is 21.8 Å². The third kappa shape index (κ3) is 5.68. The number of hydrogen-bond acceptors (Lipinski definition) is 4. The third-order valence-electron chi connectivity index (χ3n) is 4.12. The van der Waals surface area contributed by atoms with Crippen molar-refractivity contribution >= 4 is 10.8 Å². The molecule has 0 radical (unpaired) electrons. The molecule has 0 spiro atoms. The second-order valence-corrected chi connectivity index (χ2v) is 7.95. The number of aliphatic hydroxyl groups excluding tert-OH is 1. The summed E-state index contributed by atoms with van der Waals surface area (Å²) in [5.41, 5.74) is -0.262. The van der Waals surface area contributed by atoms with Crippen LogP contribution in [0.25, 0.3) is 0 Å². The van der Waals surface area contributed by atoms with Crippen LogP contribution < -0.4 is 4.74 Å². The van der Waals surface area contributed by atoms with Crippen molar-refractivity contribution in [1.29, 1.82) is 0 Å². The maximum atomic E-state index is 14.5. The molecular formula is C21H22F4O4S. The molecule has 1 heterocycles. The summed E-state index contributed by atoms with van der Waals surface area (Å²) in [6, 6.07) is 4.17. The highest BCUT2D eigenvalue weighted by Gasteiger charge is 2.40. The van der Waals surface area contributed by atoms with Crippen molar-refractivity contribution in [2.24, 2.45) is 5.92 Å². The lowest BCUT2D eigenvalue weighted by Crippen LogP contribution is -2.33. The van der Waals surface area contributed by atoms with Crippen LogP contribution in [0.4, 0.5) is 17.6 Å². The fourth-order valence-electron chi connectivity index (χ4n) is 2.98. The van der Waals surface area contributed by atoms with Gasteiger partial charge in [-0.25, -0.2) is 17.6 Å². The molecular weight excluding hydrogens is 424 g/mol. The molecule has 0 bridgehead atoms. The molecule has 9 heteroatoms. The molecule has 2 unspecified atom stereocenters.